The minimum absolute atomic E-state index is 0.0782. The van der Waals surface area contributed by atoms with Crippen molar-refractivity contribution >= 4 is 5.91 Å². The van der Waals surface area contributed by atoms with Crippen molar-refractivity contribution in [2.45, 2.75) is 76.9 Å². The lowest BCUT2D eigenvalue weighted by atomic mass is 9.89. The standard InChI is InChI=1S/C20H31N3O2/c1-2-18-17(7-5-13-25-18)20(24)22-11-8-15(9-12-22)19-21-14-16-6-3-4-10-23(16)19/h14-15,17-18H,2-13H2,1H3/t17-,18-/m1/s1. The van der Waals surface area contributed by atoms with Crippen molar-refractivity contribution in [2.24, 2.45) is 5.92 Å². The van der Waals surface area contributed by atoms with Gasteiger partial charge in [0.1, 0.15) is 5.82 Å². The number of carbonyl (C=O) groups is 1. The molecular formula is C20H31N3O2. The summed E-state index contributed by atoms with van der Waals surface area (Å²) in [7, 11) is 0. The van der Waals surface area contributed by atoms with Gasteiger partial charge in [0, 0.05) is 44.0 Å². The van der Waals surface area contributed by atoms with Crippen LogP contribution in [-0.4, -0.2) is 46.2 Å². The molecule has 2 saturated heterocycles. The summed E-state index contributed by atoms with van der Waals surface area (Å²) in [4.78, 5) is 19.8. The average molecular weight is 345 g/mol. The molecule has 0 unspecified atom stereocenters. The number of carbonyl (C=O) groups excluding carboxylic acids is 1. The van der Waals surface area contributed by atoms with E-state index in [9.17, 15) is 4.79 Å². The van der Waals surface area contributed by atoms with Crippen molar-refractivity contribution in [2.75, 3.05) is 19.7 Å². The molecule has 3 aliphatic heterocycles. The van der Waals surface area contributed by atoms with Gasteiger partial charge in [0.2, 0.25) is 5.91 Å². The lowest BCUT2D eigenvalue weighted by Gasteiger charge is -2.38. The number of rotatable bonds is 3. The first-order valence-corrected chi connectivity index (χ1v) is 10.2. The van der Waals surface area contributed by atoms with Crippen LogP contribution in [0.3, 0.4) is 0 Å². The molecule has 5 heteroatoms. The molecule has 25 heavy (non-hydrogen) atoms. The van der Waals surface area contributed by atoms with Crippen LogP contribution >= 0.6 is 0 Å². The van der Waals surface area contributed by atoms with E-state index in [0.29, 0.717) is 11.8 Å². The van der Waals surface area contributed by atoms with Gasteiger partial charge < -0.3 is 14.2 Å². The van der Waals surface area contributed by atoms with E-state index in [1.54, 1.807) is 0 Å². The number of amides is 1. The van der Waals surface area contributed by atoms with Crippen LogP contribution in [0.25, 0.3) is 0 Å². The van der Waals surface area contributed by atoms with Crippen molar-refractivity contribution in [3.63, 3.8) is 0 Å². The van der Waals surface area contributed by atoms with Crippen LogP contribution < -0.4 is 0 Å². The fourth-order valence-electron chi connectivity index (χ4n) is 4.90. The molecule has 4 heterocycles. The number of aryl methyl sites for hydroxylation is 1. The quantitative estimate of drug-likeness (QED) is 0.845. The molecule has 1 amide bonds. The Morgan fingerprint density at radius 1 is 1.20 bits per heavy atom. The maximum atomic E-state index is 13.0. The smallest absolute Gasteiger partial charge is 0.228 e. The van der Waals surface area contributed by atoms with Gasteiger partial charge in [-0.25, -0.2) is 4.98 Å². The number of imidazole rings is 1. The number of hydrogen-bond acceptors (Lipinski definition) is 3. The Bertz CT molecular complexity index is 604. The largest absolute Gasteiger partial charge is 0.377 e. The van der Waals surface area contributed by atoms with E-state index in [2.05, 4.69) is 22.6 Å². The number of nitrogens with zero attached hydrogens (tertiary/aromatic N) is 3. The summed E-state index contributed by atoms with van der Waals surface area (Å²) in [6.07, 6.45) is 11.0. The third-order valence-corrected chi connectivity index (χ3v) is 6.37. The molecule has 0 aromatic carbocycles. The van der Waals surface area contributed by atoms with Crippen molar-refractivity contribution in [1.82, 2.24) is 14.5 Å². The van der Waals surface area contributed by atoms with Gasteiger partial charge in [-0.15, -0.1) is 0 Å². The highest BCUT2D eigenvalue weighted by atomic mass is 16.5. The third-order valence-electron chi connectivity index (χ3n) is 6.37. The van der Waals surface area contributed by atoms with Gasteiger partial charge >= 0.3 is 0 Å². The molecule has 2 atom stereocenters. The van der Waals surface area contributed by atoms with E-state index >= 15 is 0 Å². The van der Waals surface area contributed by atoms with E-state index in [-0.39, 0.29) is 12.0 Å². The van der Waals surface area contributed by atoms with Crippen LogP contribution in [0.5, 0.6) is 0 Å². The Kier molecular flexibility index (Phi) is 5.11. The molecule has 3 aliphatic rings. The van der Waals surface area contributed by atoms with Crippen molar-refractivity contribution in [1.29, 1.82) is 0 Å². The minimum atomic E-state index is 0.0782. The molecule has 0 N–H and O–H groups in total. The lowest BCUT2D eigenvalue weighted by Crippen LogP contribution is -2.46. The minimum Gasteiger partial charge on any atom is -0.377 e. The molecule has 0 spiro atoms. The van der Waals surface area contributed by atoms with Gasteiger partial charge in [-0.05, 0) is 51.4 Å². The molecule has 0 saturated carbocycles. The Balaban J connectivity index is 1.38. The second kappa shape index (κ2) is 7.48. The van der Waals surface area contributed by atoms with Gasteiger partial charge in [0.15, 0.2) is 0 Å². The van der Waals surface area contributed by atoms with Gasteiger partial charge in [-0.1, -0.05) is 6.92 Å². The predicted octanol–water partition coefficient (Wildman–Crippen LogP) is 3.13. The third kappa shape index (κ3) is 3.35. The van der Waals surface area contributed by atoms with Gasteiger partial charge in [-0.3, -0.25) is 4.79 Å². The topological polar surface area (TPSA) is 47.4 Å². The highest BCUT2D eigenvalue weighted by Crippen LogP contribution is 2.32. The van der Waals surface area contributed by atoms with Gasteiger partial charge in [-0.2, -0.15) is 0 Å². The predicted molar refractivity (Wildman–Crippen MR) is 96.5 cm³/mol. The van der Waals surface area contributed by atoms with E-state index in [1.165, 1.54) is 30.8 Å². The maximum Gasteiger partial charge on any atom is 0.228 e. The molecule has 2 fully saturated rings. The summed E-state index contributed by atoms with van der Waals surface area (Å²) in [5.41, 5.74) is 1.41. The first-order chi connectivity index (χ1) is 12.3. The normalized spacial score (nSPS) is 28.0. The molecule has 1 aromatic rings. The second-order valence-corrected chi connectivity index (χ2v) is 7.88. The van der Waals surface area contributed by atoms with Crippen LogP contribution in [0, 0.1) is 5.92 Å². The summed E-state index contributed by atoms with van der Waals surface area (Å²) in [5, 5.41) is 0. The van der Waals surface area contributed by atoms with E-state index in [4.69, 9.17) is 9.72 Å². The molecule has 4 rings (SSSR count). The highest BCUT2D eigenvalue weighted by molar-refractivity contribution is 5.79. The summed E-state index contributed by atoms with van der Waals surface area (Å²) < 4.78 is 8.29. The van der Waals surface area contributed by atoms with E-state index in [1.807, 2.05) is 0 Å². The molecular weight excluding hydrogens is 314 g/mol. The van der Waals surface area contributed by atoms with E-state index in [0.717, 1.165) is 58.3 Å². The van der Waals surface area contributed by atoms with Crippen molar-refractivity contribution in [3.05, 3.63) is 17.7 Å². The summed E-state index contributed by atoms with van der Waals surface area (Å²) in [6.45, 7) is 5.82. The highest BCUT2D eigenvalue weighted by Gasteiger charge is 2.36. The number of ether oxygens (including phenoxy) is 1. The van der Waals surface area contributed by atoms with Crippen LogP contribution in [0.1, 0.15) is 69.3 Å². The number of fused-ring (bicyclic) bond motifs is 1. The summed E-state index contributed by atoms with van der Waals surface area (Å²) in [5.74, 6) is 2.19. The second-order valence-electron chi connectivity index (χ2n) is 7.88. The first kappa shape index (κ1) is 17.1. The molecule has 0 aliphatic carbocycles. The molecule has 138 valence electrons. The maximum absolute atomic E-state index is 13.0. The summed E-state index contributed by atoms with van der Waals surface area (Å²) >= 11 is 0. The zero-order valence-corrected chi connectivity index (χ0v) is 15.5. The van der Waals surface area contributed by atoms with Gasteiger partial charge in [0.25, 0.3) is 0 Å². The van der Waals surface area contributed by atoms with Crippen LogP contribution in [0.15, 0.2) is 6.20 Å². The van der Waals surface area contributed by atoms with E-state index < -0.39 is 0 Å². The Morgan fingerprint density at radius 2 is 2.04 bits per heavy atom. The lowest BCUT2D eigenvalue weighted by molar-refractivity contribution is -0.146. The molecule has 1 aromatic heterocycles. The zero-order chi connectivity index (χ0) is 17.2. The molecule has 0 radical (unpaired) electrons. The molecule has 0 bridgehead atoms. The number of hydrogen-bond donors (Lipinski definition) is 0. The zero-order valence-electron chi connectivity index (χ0n) is 15.5. The van der Waals surface area contributed by atoms with Crippen molar-refractivity contribution < 1.29 is 9.53 Å². The fraction of sp³-hybridized carbons (Fsp3) is 0.800. The van der Waals surface area contributed by atoms with Gasteiger partial charge in [0.05, 0.1) is 12.0 Å². The number of piperidine rings is 1. The first-order valence-electron chi connectivity index (χ1n) is 10.2. The van der Waals surface area contributed by atoms with Crippen LogP contribution in [0.2, 0.25) is 0 Å². The average Bonchev–Trinajstić information content (AvgIpc) is 3.11. The molecule has 5 nitrogen and oxygen atoms in total. The fourth-order valence-corrected chi connectivity index (χ4v) is 4.90. The Morgan fingerprint density at radius 3 is 2.84 bits per heavy atom. The Hall–Kier alpha value is -1.36. The SMILES string of the molecule is CC[C@H]1OCCC[C@H]1C(=O)N1CCC(c2ncc3n2CCCC3)CC1. The van der Waals surface area contributed by atoms with Crippen LogP contribution in [-0.2, 0) is 22.5 Å². The van der Waals surface area contributed by atoms with Crippen LogP contribution in [0.4, 0.5) is 0 Å². The Labute approximate surface area is 150 Å². The number of aromatic nitrogens is 2. The monoisotopic (exact) mass is 345 g/mol. The summed E-state index contributed by atoms with van der Waals surface area (Å²) in [6, 6.07) is 0. The number of likely N-dealkylation sites (tertiary alicyclic amines) is 1. The van der Waals surface area contributed by atoms with Crippen molar-refractivity contribution in [3.8, 4) is 0 Å².